The Bertz CT molecular complexity index is 3310. The van der Waals surface area contributed by atoms with Crippen molar-refractivity contribution in [2.24, 2.45) is 22.9 Å². The molecule has 9 rings (SSSR count). The van der Waals surface area contributed by atoms with Gasteiger partial charge in [0.25, 0.3) is 11.4 Å². The molecule has 20 heteroatoms. The standard InChI is InChI=1S/C61H63N5O15/c1-4-32-77-61-56(64(37-42-15-11-14-40-12-5-6-16-48(40)42)60(70)80-45-24-22-44(23-25-45)66(73)74)36-53(63-78-38-39-18-20-43(21-19-39)65(71)72)50-33-41(13-7-9-30-67)49(17-8-10-31-68)57(58(50)61)51-34-47(27-29-54(51)81-61)79-59(69)62-52-28-26-46(75-2)35-55(52)76-3/h4-6,11-12,14-16,18-29,33-35,41,49,56-58,67-68H,1,7-10,13,17,30-32,36-38H2,2-3H3,(H,62,69)/t41-,49+,56-,57+,58+,61+/m0/s1. The average Bonchev–Trinajstić information content (AvgIpc) is 1.55. The predicted molar refractivity (Wildman–Crippen MR) is 301 cm³/mol. The Kier molecular flexibility index (Phi) is 18.2. The van der Waals surface area contributed by atoms with Gasteiger partial charge in [-0.25, -0.2) is 9.59 Å². The highest BCUT2D eigenvalue weighted by atomic mass is 16.7. The van der Waals surface area contributed by atoms with E-state index < -0.39 is 45.7 Å². The van der Waals surface area contributed by atoms with Gasteiger partial charge in [0, 0.05) is 61.4 Å². The average molecular weight is 1110 g/mol. The summed E-state index contributed by atoms with van der Waals surface area (Å²) >= 11 is 0. The van der Waals surface area contributed by atoms with Gasteiger partial charge in [-0.05, 0) is 120 Å². The number of rotatable bonds is 24. The highest BCUT2D eigenvalue weighted by Gasteiger charge is 2.66. The number of fused-ring (bicyclic) bond motifs is 3. The number of amides is 2. The Labute approximate surface area is 467 Å². The van der Waals surface area contributed by atoms with E-state index in [1.54, 1.807) is 59.5 Å². The van der Waals surface area contributed by atoms with Crippen LogP contribution in [-0.2, 0) is 22.7 Å². The van der Waals surface area contributed by atoms with Crippen molar-refractivity contribution in [1.29, 1.82) is 0 Å². The van der Waals surface area contributed by atoms with Gasteiger partial charge in [-0.1, -0.05) is 72.6 Å². The highest BCUT2D eigenvalue weighted by Crippen LogP contribution is 2.62. The topological polar surface area (TPSA) is 253 Å². The summed E-state index contributed by atoms with van der Waals surface area (Å²) in [7, 11) is 2.99. The predicted octanol–water partition coefficient (Wildman–Crippen LogP) is 11.8. The van der Waals surface area contributed by atoms with Crippen LogP contribution in [0.1, 0.15) is 67.6 Å². The number of nitrogens with zero attached hydrogens (tertiary/aromatic N) is 4. The molecule has 1 aliphatic heterocycles. The van der Waals surface area contributed by atoms with Crippen molar-refractivity contribution in [3.8, 4) is 28.7 Å². The molecular formula is C61H63N5O15. The fourth-order valence-corrected chi connectivity index (χ4v) is 11.5. The number of oxime groups is 1. The van der Waals surface area contributed by atoms with Crippen molar-refractivity contribution >= 4 is 45.7 Å². The van der Waals surface area contributed by atoms with Crippen molar-refractivity contribution in [2.75, 3.05) is 39.4 Å². The van der Waals surface area contributed by atoms with Crippen molar-refractivity contribution in [1.82, 2.24) is 4.90 Å². The molecule has 3 N–H and O–H groups in total. The van der Waals surface area contributed by atoms with E-state index in [0.717, 1.165) is 16.3 Å². The van der Waals surface area contributed by atoms with Crippen LogP contribution in [0.5, 0.6) is 28.7 Å². The Morgan fingerprint density at radius 3 is 2.21 bits per heavy atom. The molecule has 81 heavy (non-hydrogen) atoms. The molecule has 2 aliphatic carbocycles. The molecular weight excluding hydrogens is 1040 g/mol. The number of nitro benzene ring substituents is 2. The number of nitro groups is 2. The molecule has 422 valence electrons. The van der Waals surface area contributed by atoms with Crippen LogP contribution < -0.4 is 29.0 Å². The number of benzene rings is 6. The fraction of sp³-hybridized carbons (Fsp3) is 0.328. The van der Waals surface area contributed by atoms with Crippen LogP contribution in [0.3, 0.4) is 0 Å². The minimum Gasteiger partial charge on any atom is -0.497 e. The summed E-state index contributed by atoms with van der Waals surface area (Å²) in [6.45, 7) is 3.78. The van der Waals surface area contributed by atoms with Gasteiger partial charge in [-0.2, -0.15) is 0 Å². The number of methoxy groups -OCH3 is 2. The zero-order valence-electron chi connectivity index (χ0n) is 44.8. The van der Waals surface area contributed by atoms with Crippen molar-refractivity contribution in [2.45, 2.75) is 75.8 Å². The van der Waals surface area contributed by atoms with Crippen molar-refractivity contribution in [3.63, 3.8) is 0 Å². The number of allylic oxidation sites excluding steroid dienone is 1. The lowest BCUT2D eigenvalue weighted by Crippen LogP contribution is -2.70. The van der Waals surface area contributed by atoms with Crippen LogP contribution in [0, 0.1) is 38.0 Å². The van der Waals surface area contributed by atoms with Gasteiger partial charge < -0.3 is 43.5 Å². The lowest BCUT2D eigenvalue weighted by molar-refractivity contribution is -0.385. The maximum atomic E-state index is 15.5. The van der Waals surface area contributed by atoms with Gasteiger partial charge in [0.1, 0.15) is 41.4 Å². The number of anilines is 1. The smallest absolute Gasteiger partial charge is 0.417 e. The number of hydrogen-bond donors (Lipinski definition) is 3. The van der Waals surface area contributed by atoms with Crippen molar-refractivity contribution < 1.29 is 62.9 Å². The number of aliphatic hydroxyl groups excluding tert-OH is 2. The SMILES string of the molecule is C=CCO[C@@]12Oc3ccc(OC(=O)Nc4ccc(OC)cc4OC)cc3[C@H]3[C@H](CCCCO)[C@@H](CCCCO)C=C(C(=NOCc4ccc([N+](=O)[O-])cc4)C[C@@H]1N(Cc1cccc4ccccc14)C(=O)Oc1ccc([N+](=O)[O-])cc1)[C@H]32. The third-order valence-corrected chi connectivity index (χ3v) is 15.1. The second-order valence-corrected chi connectivity index (χ2v) is 19.9. The van der Waals surface area contributed by atoms with E-state index in [1.165, 1.54) is 50.6 Å². The molecule has 6 aromatic rings. The molecule has 1 saturated carbocycles. The largest absolute Gasteiger partial charge is 0.497 e. The maximum Gasteiger partial charge on any atom is 0.417 e. The van der Waals surface area contributed by atoms with Gasteiger partial charge in [0.15, 0.2) is 0 Å². The summed E-state index contributed by atoms with van der Waals surface area (Å²) in [6, 6.07) is 33.6. The van der Waals surface area contributed by atoms with Crippen molar-refractivity contribution in [3.05, 3.63) is 189 Å². The number of nitrogens with one attached hydrogen (secondary N) is 1. The summed E-state index contributed by atoms with van der Waals surface area (Å²) in [4.78, 5) is 59.4. The molecule has 2 amide bonds. The Balaban J connectivity index is 1.24. The van der Waals surface area contributed by atoms with E-state index in [4.69, 9.17) is 38.4 Å². The number of unbranched alkanes of at least 4 members (excludes halogenated alkanes) is 2. The normalized spacial score (nSPS) is 20.1. The number of non-ortho nitro benzene ring substituents is 2. The van der Waals surface area contributed by atoms with E-state index in [9.17, 15) is 35.2 Å². The van der Waals surface area contributed by atoms with Gasteiger partial charge in [-0.15, -0.1) is 6.58 Å². The molecule has 0 unspecified atom stereocenters. The molecule has 0 aromatic heterocycles. The summed E-state index contributed by atoms with van der Waals surface area (Å²) in [5.74, 6) is -2.06. The molecule has 20 nitrogen and oxygen atoms in total. The Hall–Kier alpha value is -8.85. The molecule has 1 fully saturated rings. The Morgan fingerprint density at radius 1 is 0.815 bits per heavy atom. The monoisotopic (exact) mass is 1110 g/mol. The molecule has 1 heterocycles. The number of carbonyl (C=O) groups is 2. The zero-order valence-corrected chi connectivity index (χ0v) is 44.8. The highest BCUT2D eigenvalue weighted by molar-refractivity contribution is 6.03. The lowest BCUT2D eigenvalue weighted by atomic mass is 9.55. The minimum absolute atomic E-state index is 0.0156. The van der Waals surface area contributed by atoms with Crippen LogP contribution in [0.25, 0.3) is 10.8 Å². The summed E-state index contributed by atoms with van der Waals surface area (Å²) < 4.78 is 37.8. The van der Waals surface area contributed by atoms with Gasteiger partial charge in [0.2, 0.25) is 5.79 Å². The fourth-order valence-electron chi connectivity index (χ4n) is 11.5. The summed E-state index contributed by atoms with van der Waals surface area (Å²) in [6.07, 6.45) is 5.66. The molecule has 0 saturated heterocycles. The van der Waals surface area contributed by atoms with Crippen LogP contribution in [-0.4, -0.2) is 88.7 Å². The first-order chi connectivity index (χ1) is 39.4. The van der Waals surface area contributed by atoms with Crippen LogP contribution in [0.4, 0.5) is 26.7 Å². The number of aliphatic hydroxyl groups is 2. The first-order valence-corrected chi connectivity index (χ1v) is 26.7. The third kappa shape index (κ3) is 12.6. The first-order valence-electron chi connectivity index (χ1n) is 26.7. The number of carbonyl (C=O) groups excluding carboxylic acids is 2. The van der Waals surface area contributed by atoms with Gasteiger partial charge >= 0.3 is 12.2 Å². The van der Waals surface area contributed by atoms with Crippen LogP contribution in [0.2, 0.25) is 0 Å². The quantitative estimate of drug-likeness (QED) is 0.0220. The van der Waals surface area contributed by atoms with Crippen LogP contribution in [0.15, 0.2) is 157 Å². The van der Waals surface area contributed by atoms with E-state index in [-0.39, 0.29) is 74.1 Å². The zero-order chi connectivity index (χ0) is 57.0. The minimum atomic E-state index is -1.77. The molecule has 0 bridgehead atoms. The maximum absolute atomic E-state index is 15.5. The molecule has 6 atom stereocenters. The summed E-state index contributed by atoms with van der Waals surface area (Å²) in [5, 5.41) is 53.0. The summed E-state index contributed by atoms with van der Waals surface area (Å²) in [5.41, 5.74) is 3.19. The van der Waals surface area contributed by atoms with Gasteiger partial charge in [0.05, 0.1) is 54.5 Å². The van der Waals surface area contributed by atoms with Gasteiger partial charge in [-0.3, -0.25) is 30.4 Å². The number of hydrogen-bond acceptors (Lipinski definition) is 16. The third-order valence-electron chi connectivity index (χ3n) is 15.1. The van der Waals surface area contributed by atoms with E-state index in [0.29, 0.717) is 83.9 Å². The van der Waals surface area contributed by atoms with E-state index in [1.807, 2.05) is 42.5 Å². The molecule has 3 aliphatic rings. The second kappa shape index (κ2) is 26.0. The Morgan fingerprint density at radius 2 is 1.51 bits per heavy atom. The van der Waals surface area contributed by atoms with Crippen LogP contribution >= 0.6 is 0 Å². The molecule has 6 aromatic carbocycles. The number of ether oxygens (including phenoxy) is 6. The van der Waals surface area contributed by atoms with E-state index in [2.05, 4.69) is 18.0 Å². The first kappa shape index (κ1) is 56.9. The van der Waals surface area contributed by atoms with E-state index >= 15 is 4.79 Å². The molecule has 0 radical (unpaired) electrons. The lowest BCUT2D eigenvalue weighted by Gasteiger charge is -2.59. The molecule has 0 spiro atoms. The second-order valence-electron chi connectivity index (χ2n) is 19.9.